The Labute approximate surface area is 160 Å². The molecule has 7 heteroatoms. The standard InChI is InChI=1S/C20H28N4O3/c1-3-22(4-2)19(26)16-10-12-21(13-11-16)15-24-18(25)14-23(20(24)27)17-8-6-5-7-9-17/h5-9,16H,3-4,10-15H2,1-2H3. The van der Waals surface area contributed by atoms with E-state index in [-0.39, 0.29) is 30.3 Å². The monoisotopic (exact) mass is 372 g/mol. The number of likely N-dealkylation sites (tertiary alicyclic amines) is 1. The van der Waals surface area contributed by atoms with E-state index in [1.54, 1.807) is 0 Å². The highest BCUT2D eigenvalue weighted by Gasteiger charge is 2.38. The van der Waals surface area contributed by atoms with Crippen molar-refractivity contribution in [1.29, 1.82) is 0 Å². The van der Waals surface area contributed by atoms with Gasteiger partial charge < -0.3 is 4.90 Å². The van der Waals surface area contributed by atoms with Crippen LogP contribution >= 0.6 is 0 Å². The maximum absolute atomic E-state index is 12.7. The third-order valence-electron chi connectivity index (χ3n) is 5.48. The van der Waals surface area contributed by atoms with Crippen LogP contribution in [-0.2, 0) is 9.59 Å². The van der Waals surface area contributed by atoms with Gasteiger partial charge in [0.25, 0.3) is 5.91 Å². The van der Waals surface area contributed by atoms with Crippen molar-refractivity contribution >= 4 is 23.5 Å². The van der Waals surface area contributed by atoms with Crippen molar-refractivity contribution in [3.8, 4) is 0 Å². The summed E-state index contributed by atoms with van der Waals surface area (Å²) < 4.78 is 0. The third kappa shape index (κ3) is 4.13. The average Bonchev–Trinajstić information content (AvgIpc) is 2.98. The maximum atomic E-state index is 12.7. The molecule has 146 valence electrons. The molecule has 0 bridgehead atoms. The zero-order valence-corrected chi connectivity index (χ0v) is 16.1. The topological polar surface area (TPSA) is 64.2 Å². The van der Waals surface area contributed by atoms with Crippen molar-refractivity contribution in [2.24, 2.45) is 5.92 Å². The summed E-state index contributed by atoms with van der Waals surface area (Å²) in [7, 11) is 0. The fourth-order valence-corrected chi connectivity index (χ4v) is 3.80. The maximum Gasteiger partial charge on any atom is 0.332 e. The Kier molecular flexibility index (Phi) is 6.11. The molecule has 1 aromatic rings. The molecular formula is C20H28N4O3. The smallest absolute Gasteiger partial charge is 0.332 e. The number of urea groups is 1. The summed E-state index contributed by atoms with van der Waals surface area (Å²) in [6.07, 6.45) is 1.54. The molecule has 0 saturated carbocycles. The highest BCUT2D eigenvalue weighted by Crippen LogP contribution is 2.23. The Balaban J connectivity index is 1.55. The second-order valence-electron chi connectivity index (χ2n) is 7.07. The molecule has 27 heavy (non-hydrogen) atoms. The Hall–Kier alpha value is -2.41. The molecule has 0 aromatic heterocycles. The third-order valence-corrected chi connectivity index (χ3v) is 5.48. The second-order valence-corrected chi connectivity index (χ2v) is 7.07. The molecule has 0 aliphatic carbocycles. The van der Waals surface area contributed by atoms with Gasteiger partial charge in [0, 0.05) is 37.8 Å². The molecule has 0 unspecified atom stereocenters. The Morgan fingerprint density at radius 2 is 1.70 bits per heavy atom. The second kappa shape index (κ2) is 8.52. The quantitative estimate of drug-likeness (QED) is 0.717. The van der Waals surface area contributed by atoms with E-state index >= 15 is 0 Å². The molecule has 2 fully saturated rings. The van der Waals surface area contributed by atoms with Crippen LogP contribution < -0.4 is 4.90 Å². The van der Waals surface area contributed by atoms with E-state index in [2.05, 4.69) is 4.90 Å². The lowest BCUT2D eigenvalue weighted by atomic mass is 9.95. The van der Waals surface area contributed by atoms with Crippen LogP contribution in [0.4, 0.5) is 10.5 Å². The summed E-state index contributed by atoms with van der Waals surface area (Å²) in [5, 5.41) is 0. The van der Waals surface area contributed by atoms with Gasteiger partial charge in [-0.2, -0.15) is 0 Å². The summed E-state index contributed by atoms with van der Waals surface area (Å²) in [6, 6.07) is 8.99. The highest BCUT2D eigenvalue weighted by atomic mass is 16.2. The molecule has 2 saturated heterocycles. The van der Waals surface area contributed by atoms with Crippen molar-refractivity contribution in [2.45, 2.75) is 26.7 Å². The van der Waals surface area contributed by atoms with Crippen LogP contribution in [0.3, 0.4) is 0 Å². The van der Waals surface area contributed by atoms with Crippen LogP contribution in [0.1, 0.15) is 26.7 Å². The molecule has 4 amide bonds. The van der Waals surface area contributed by atoms with E-state index in [1.165, 1.54) is 9.80 Å². The summed E-state index contributed by atoms with van der Waals surface area (Å²) in [5.41, 5.74) is 0.738. The van der Waals surface area contributed by atoms with Gasteiger partial charge in [0.05, 0.1) is 6.67 Å². The van der Waals surface area contributed by atoms with Crippen LogP contribution in [0.15, 0.2) is 30.3 Å². The Morgan fingerprint density at radius 1 is 1.07 bits per heavy atom. The Bertz CT molecular complexity index is 682. The molecule has 0 N–H and O–H groups in total. The Morgan fingerprint density at radius 3 is 2.30 bits per heavy atom. The lowest BCUT2D eigenvalue weighted by Crippen LogP contribution is -2.47. The zero-order chi connectivity index (χ0) is 19.4. The number of benzene rings is 1. The van der Waals surface area contributed by atoms with Gasteiger partial charge in [-0.05, 0) is 38.8 Å². The lowest BCUT2D eigenvalue weighted by Gasteiger charge is -2.35. The fraction of sp³-hybridized carbons (Fsp3) is 0.550. The summed E-state index contributed by atoms with van der Waals surface area (Å²) in [6.45, 7) is 7.30. The first kappa shape index (κ1) is 19.4. The predicted molar refractivity (Wildman–Crippen MR) is 103 cm³/mol. The van der Waals surface area contributed by atoms with Crippen LogP contribution in [0.5, 0.6) is 0 Å². The zero-order valence-electron chi connectivity index (χ0n) is 16.1. The van der Waals surface area contributed by atoms with E-state index in [0.717, 1.165) is 44.7 Å². The number of amides is 4. The molecule has 0 atom stereocenters. The van der Waals surface area contributed by atoms with E-state index in [1.807, 2.05) is 49.1 Å². The fourth-order valence-electron chi connectivity index (χ4n) is 3.80. The van der Waals surface area contributed by atoms with Crippen LogP contribution in [0.2, 0.25) is 0 Å². The van der Waals surface area contributed by atoms with Crippen molar-refractivity contribution < 1.29 is 14.4 Å². The minimum atomic E-state index is -0.271. The molecule has 0 radical (unpaired) electrons. The number of carbonyl (C=O) groups is 3. The van der Waals surface area contributed by atoms with E-state index in [9.17, 15) is 14.4 Å². The first-order valence-corrected chi connectivity index (χ1v) is 9.73. The number of anilines is 1. The van der Waals surface area contributed by atoms with E-state index in [4.69, 9.17) is 0 Å². The number of carbonyl (C=O) groups excluding carboxylic acids is 3. The van der Waals surface area contributed by atoms with Crippen LogP contribution in [0.25, 0.3) is 0 Å². The number of para-hydroxylation sites is 1. The molecule has 7 nitrogen and oxygen atoms in total. The van der Waals surface area contributed by atoms with Crippen LogP contribution in [0, 0.1) is 5.92 Å². The average molecular weight is 372 g/mol. The van der Waals surface area contributed by atoms with Crippen molar-refractivity contribution in [2.75, 3.05) is 44.3 Å². The van der Waals surface area contributed by atoms with Gasteiger partial charge in [-0.25, -0.2) is 9.69 Å². The summed E-state index contributed by atoms with van der Waals surface area (Å²) in [4.78, 5) is 44.3. The van der Waals surface area contributed by atoms with Crippen molar-refractivity contribution in [3.05, 3.63) is 30.3 Å². The van der Waals surface area contributed by atoms with Gasteiger partial charge in [0.2, 0.25) is 5.91 Å². The first-order valence-electron chi connectivity index (χ1n) is 9.73. The minimum absolute atomic E-state index is 0.0481. The van der Waals surface area contributed by atoms with E-state index in [0.29, 0.717) is 6.67 Å². The largest absolute Gasteiger partial charge is 0.343 e. The van der Waals surface area contributed by atoms with Gasteiger partial charge in [0.1, 0.15) is 6.54 Å². The SMILES string of the molecule is CCN(CC)C(=O)C1CCN(CN2C(=O)CN(c3ccccc3)C2=O)CC1. The molecule has 0 spiro atoms. The van der Waals surface area contributed by atoms with Gasteiger partial charge in [-0.3, -0.25) is 19.4 Å². The molecular weight excluding hydrogens is 344 g/mol. The number of hydrogen-bond donors (Lipinski definition) is 0. The minimum Gasteiger partial charge on any atom is -0.343 e. The van der Waals surface area contributed by atoms with Crippen molar-refractivity contribution in [1.82, 2.24) is 14.7 Å². The number of imide groups is 1. The van der Waals surface area contributed by atoms with E-state index < -0.39 is 0 Å². The lowest BCUT2D eigenvalue weighted by molar-refractivity contribution is -0.137. The number of nitrogens with zero attached hydrogens (tertiary/aromatic N) is 4. The first-order chi connectivity index (χ1) is 13.0. The van der Waals surface area contributed by atoms with Crippen molar-refractivity contribution in [3.63, 3.8) is 0 Å². The number of rotatable bonds is 6. The summed E-state index contributed by atoms with van der Waals surface area (Å²) in [5.74, 6) is 0.0976. The van der Waals surface area contributed by atoms with Crippen LogP contribution in [-0.4, -0.2) is 71.9 Å². The number of hydrogen-bond acceptors (Lipinski definition) is 4. The normalized spacial score (nSPS) is 19.0. The molecule has 2 aliphatic heterocycles. The number of piperidine rings is 1. The van der Waals surface area contributed by atoms with Gasteiger partial charge >= 0.3 is 6.03 Å². The van der Waals surface area contributed by atoms with Gasteiger partial charge in [-0.1, -0.05) is 18.2 Å². The highest BCUT2D eigenvalue weighted by molar-refractivity contribution is 6.12. The summed E-state index contributed by atoms with van der Waals surface area (Å²) >= 11 is 0. The predicted octanol–water partition coefficient (Wildman–Crippen LogP) is 1.99. The molecule has 2 heterocycles. The van der Waals surface area contributed by atoms with Gasteiger partial charge in [0.15, 0.2) is 0 Å². The molecule has 3 rings (SSSR count). The van der Waals surface area contributed by atoms with Gasteiger partial charge in [-0.15, -0.1) is 0 Å². The molecule has 2 aliphatic rings. The molecule has 1 aromatic carbocycles.